The first kappa shape index (κ1) is 16.8. The van der Waals surface area contributed by atoms with Gasteiger partial charge >= 0.3 is 0 Å². The van der Waals surface area contributed by atoms with Crippen LogP contribution in [0.25, 0.3) is 11.1 Å². The summed E-state index contributed by atoms with van der Waals surface area (Å²) in [5.41, 5.74) is 3.20. The lowest BCUT2D eigenvalue weighted by Gasteiger charge is -2.12. The van der Waals surface area contributed by atoms with Crippen molar-refractivity contribution in [2.24, 2.45) is 7.05 Å². The zero-order valence-electron chi connectivity index (χ0n) is 13.9. The van der Waals surface area contributed by atoms with Crippen LogP contribution in [0, 0.1) is 18.6 Å². The van der Waals surface area contributed by atoms with Crippen molar-refractivity contribution < 1.29 is 13.6 Å². The van der Waals surface area contributed by atoms with Gasteiger partial charge in [0.05, 0.1) is 12.1 Å². The molecular formula is C19H17F2N3O. The molecule has 0 aliphatic rings. The molecule has 6 heteroatoms. The van der Waals surface area contributed by atoms with Crippen molar-refractivity contribution in [3.8, 4) is 11.1 Å². The maximum absolute atomic E-state index is 13.7. The number of hydrogen-bond acceptors (Lipinski definition) is 2. The minimum atomic E-state index is -0.430. The normalized spacial score (nSPS) is 10.7. The summed E-state index contributed by atoms with van der Waals surface area (Å²) in [5, 5.41) is 7.01. The summed E-state index contributed by atoms with van der Waals surface area (Å²) in [7, 11) is 1.79. The van der Waals surface area contributed by atoms with Crippen LogP contribution in [0.15, 0.2) is 48.7 Å². The Morgan fingerprint density at radius 2 is 1.80 bits per heavy atom. The van der Waals surface area contributed by atoms with Crippen LogP contribution >= 0.6 is 0 Å². The minimum absolute atomic E-state index is 0.167. The molecule has 2 aromatic carbocycles. The quantitative estimate of drug-likeness (QED) is 0.783. The van der Waals surface area contributed by atoms with Gasteiger partial charge in [-0.05, 0) is 42.8 Å². The van der Waals surface area contributed by atoms with Crippen molar-refractivity contribution in [3.05, 3.63) is 71.6 Å². The van der Waals surface area contributed by atoms with E-state index in [0.29, 0.717) is 16.8 Å². The number of benzene rings is 2. The Kier molecular flexibility index (Phi) is 4.61. The number of hydrogen-bond donors (Lipinski definition) is 1. The van der Waals surface area contributed by atoms with Crippen LogP contribution in [0.4, 0.5) is 14.5 Å². The van der Waals surface area contributed by atoms with Gasteiger partial charge in [-0.25, -0.2) is 8.78 Å². The second-order valence-corrected chi connectivity index (χ2v) is 5.84. The second-order valence-electron chi connectivity index (χ2n) is 5.84. The van der Waals surface area contributed by atoms with Gasteiger partial charge in [0.15, 0.2) is 0 Å². The third-order valence-corrected chi connectivity index (χ3v) is 3.88. The number of aromatic nitrogens is 2. The molecule has 3 rings (SSSR count). The molecule has 0 fully saturated rings. The van der Waals surface area contributed by atoms with Gasteiger partial charge in [0, 0.05) is 30.1 Å². The van der Waals surface area contributed by atoms with Crippen molar-refractivity contribution in [1.82, 2.24) is 9.78 Å². The standard InChI is InChI=1S/C19H17F2N3O/c1-12-14(11-24(2)23-12)9-19(25)22-18-8-7-16(21)10-17(18)13-3-5-15(20)6-4-13/h3-8,10-11H,9H2,1-2H3,(H,22,25). The van der Waals surface area contributed by atoms with Gasteiger partial charge in [-0.3, -0.25) is 9.48 Å². The summed E-state index contributed by atoms with van der Waals surface area (Å²) >= 11 is 0. The van der Waals surface area contributed by atoms with Gasteiger partial charge in [0.25, 0.3) is 0 Å². The van der Waals surface area contributed by atoms with E-state index in [2.05, 4.69) is 10.4 Å². The van der Waals surface area contributed by atoms with Crippen molar-refractivity contribution >= 4 is 11.6 Å². The van der Waals surface area contributed by atoms with E-state index in [9.17, 15) is 13.6 Å². The van der Waals surface area contributed by atoms with E-state index >= 15 is 0 Å². The van der Waals surface area contributed by atoms with Gasteiger partial charge in [0.1, 0.15) is 11.6 Å². The van der Waals surface area contributed by atoms with Gasteiger partial charge in [0.2, 0.25) is 5.91 Å². The fourth-order valence-electron chi connectivity index (χ4n) is 2.68. The molecular weight excluding hydrogens is 324 g/mol. The number of rotatable bonds is 4. The fourth-order valence-corrected chi connectivity index (χ4v) is 2.68. The number of nitrogens with one attached hydrogen (secondary N) is 1. The molecule has 1 amide bonds. The fraction of sp³-hybridized carbons (Fsp3) is 0.158. The number of halogens is 2. The molecule has 0 aliphatic carbocycles. The topological polar surface area (TPSA) is 46.9 Å². The lowest BCUT2D eigenvalue weighted by Crippen LogP contribution is -2.15. The Balaban J connectivity index is 1.86. The highest BCUT2D eigenvalue weighted by atomic mass is 19.1. The number of nitrogens with zero attached hydrogens (tertiary/aromatic N) is 2. The molecule has 0 saturated heterocycles. The van der Waals surface area contributed by atoms with E-state index in [1.165, 1.54) is 30.3 Å². The van der Waals surface area contributed by atoms with Crippen molar-refractivity contribution in [1.29, 1.82) is 0 Å². The number of carbonyl (C=O) groups excluding carboxylic acids is 1. The van der Waals surface area contributed by atoms with Gasteiger partial charge in [-0.1, -0.05) is 12.1 Å². The SMILES string of the molecule is Cc1nn(C)cc1CC(=O)Nc1ccc(F)cc1-c1ccc(F)cc1. The highest BCUT2D eigenvalue weighted by Gasteiger charge is 2.13. The molecule has 0 aliphatic heterocycles. The Bertz CT molecular complexity index is 917. The first-order valence-electron chi connectivity index (χ1n) is 7.77. The molecule has 0 bridgehead atoms. The first-order chi connectivity index (χ1) is 11.9. The molecule has 1 N–H and O–H groups in total. The van der Waals surface area contributed by atoms with Crippen molar-refractivity contribution in [2.45, 2.75) is 13.3 Å². The van der Waals surface area contributed by atoms with Crippen LogP contribution < -0.4 is 5.32 Å². The molecule has 0 radical (unpaired) electrons. The lowest BCUT2D eigenvalue weighted by molar-refractivity contribution is -0.115. The average molecular weight is 341 g/mol. The predicted molar refractivity (Wildman–Crippen MR) is 92.1 cm³/mol. The largest absolute Gasteiger partial charge is 0.325 e. The average Bonchev–Trinajstić information content (AvgIpc) is 2.87. The summed E-state index contributed by atoms with van der Waals surface area (Å²) in [6.45, 7) is 1.84. The summed E-state index contributed by atoms with van der Waals surface area (Å²) < 4.78 is 28.4. The zero-order chi connectivity index (χ0) is 18.0. The molecule has 4 nitrogen and oxygen atoms in total. The molecule has 0 unspecified atom stereocenters. The number of amides is 1. The molecule has 25 heavy (non-hydrogen) atoms. The predicted octanol–water partition coefficient (Wildman–Crippen LogP) is 3.85. The Morgan fingerprint density at radius 1 is 1.12 bits per heavy atom. The molecule has 1 aromatic heterocycles. The summed E-state index contributed by atoms with van der Waals surface area (Å²) in [6.07, 6.45) is 1.96. The highest BCUT2D eigenvalue weighted by molar-refractivity contribution is 5.96. The molecule has 0 spiro atoms. The maximum Gasteiger partial charge on any atom is 0.228 e. The van der Waals surface area contributed by atoms with Gasteiger partial charge < -0.3 is 5.32 Å². The summed E-state index contributed by atoms with van der Waals surface area (Å²) in [6, 6.07) is 9.78. The first-order valence-corrected chi connectivity index (χ1v) is 7.77. The summed E-state index contributed by atoms with van der Waals surface area (Å²) in [5.74, 6) is -1.04. The lowest BCUT2D eigenvalue weighted by atomic mass is 10.0. The van der Waals surface area contributed by atoms with E-state index in [4.69, 9.17) is 0 Å². The van der Waals surface area contributed by atoms with Crippen LogP contribution in [0.2, 0.25) is 0 Å². The Hall–Kier alpha value is -3.02. The number of anilines is 1. The van der Waals surface area contributed by atoms with E-state index in [1.54, 1.807) is 30.1 Å². The molecule has 0 saturated carbocycles. The molecule has 1 heterocycles. The van der Waals surface area contributed by atoms with Crippen LogP contribution in [0.1, 0.15) is 11.3 Å². The van der Waals surface area contributed by atoms with Crippen LogP contribution in [-0.2, 0) is 18.3 Å². The third kappa shape index (κ3) is 3.91. The molecule has 128 valence electrons. The van der Waals surface area contributed by atoms with E-state index in [-0.39, 0.29) is 18.1 Å². The number of aryl methyl sites for hydroxylation is 2. The van der Waals surface area contributed by atoms with Crippen molar-refractivity contribution in [2.75, 3.05) is 5.32 Å². The smallest absolute Gasteiger partial charge is 0.228 e. The Morgan fingerprint density at radius 3 is 2.44 bits per heavy atom. The van der Waals surface area contributed by atoms with E-state index in [1.807, 2.05) is 6.92 Å². The van der Waals surface area contributed by atoms with Crippen molar-refractivity contribution in [3.63, 3.8) is 0 Å². The monoisotopic (exact) mass is 341 g/mol. The van der Waals surface area contributed by atoms with Gasteiger partial charge in [-0.2, -0.15) is 5.10 Å². The van der Waals surface area contributed by atoms with Crippen LogP contribution in [-0.4, -0.2) is 15.7 Å². The zero-order valence-corrected chi connectivity index (χ0v) is 13.9. The maximum atomic E-state index is 13.7. The van der Waals surface area contributed by atoms with E-state index < -0.39 is 5.82 Å². The van der Waals surface area contributed by atoms with Gasteiger partial charge in [-0.15, -0.1) is 0 Å². The molecule has 0 atom stereocenters. The Labute approximate surface area is 144 Å². The number of carbonyl (C=O) groups is 1. The highest BCUT2D eigenvalue weighted by Crippen LogP contribution is 2.29. The minimum Gasteiger partial charge on any atom is -0.325 e. The van der Waals surface area contributed by atoms with Crippen LogP contribution in [0.3, 0.4) is 0 Å². The van der Waals surface area contributed by atoms with Crippen LogP contribution in [0.5, 0.6) is 0 Å². The van der Waals surface area contributed by atoms with E-state index in [0.717, 1.165) is 11.3 Å². The summed E-state index contributed by atoms with van der Waals surface area (Å²) in [4.78, 5) is 12.4. The third-order valence-electron chi connectivity index (χ3n) is 3.88. The second kappa shape index (κ2) is 6.84. The molecule has 3 aromatic rings.